The number of hydrogen-bond acceptors (Lipinski definition) is 6. The van der Waals surface area contributed by atoms with Crippen LogP contribution in [-0.4, -0.2) is 48.0 Å². The van der Waals surface area contributed by atoms with Gasteiger partial charge in [0.2, 0.25) is 5.91 Å². The zero-order valence-corrected chi connectivity index (χ0v) is 21.2. The predicted molar refractivity (Wildman–Crippen MR) is 135 cm³/mol. The number of thiazole rings is 1. The van der Waals surface area contributed by atoms with Crippen molar-refractivity contribution >= 4 is 34.5 Å². The first kappa shape index (κ1) is 23.2. The van der Waals surface area contributed by atoms with E-state index < -0.39 is 0 Å². The third-order valence-corrected chi connectivity index (χ3v) is 9.04. The minimum atomic E-state index is -0.235. The zero-order chi connectivity index (χ0) is 23.9. The van der Waals surface area contributed by atoms with Crippen LogP contribution in [0.4, 0.5) is 0 Å². The number of ether oxygens (including phenoxy) is 1. The van der Waals surface area contributed by atoms with Gasteiger partial charge in [0.05, 0.1) is 17.0 Å². The molecule has 0 unspecified atom stereocenters. The van der Waals surface area contributed by atoms with Crippen molar-refractivity contribution in [2.24, 2.45) is 5.92 Å². The van der Waals surface area contributed by atoms with Gasteiger partial charge in [-0.1, -0.05) is 44.2 Å². The summed E-state index contributed by atoms with van der Waals surface area (Å²) in [5.74, 6) is -0.0896. The highest BCUT2D eigenvalue weighted by atomic mass is 32.1. The standard InChI is InChI=1S/C26H29N3O3S2/c1-16(2)23(30)28-21-17-7-4-5-8-18(17)26(22(21)32-3)10-12-29(13-11-26)25(31)19-15-34-24(27-19)20-9-6-14-33-20/h4-9,14-16,21-22H,10-13H2,1-3H3,(H,28,30)/t21-,22+/m0/s1. The van der Waals surface area contributed by atoms with Gasteiger partial charge in [0, 0.05) is 36.9 Å². The largest absolute Gasteiger partial charge is 0.378 e. The molecule has 0 radical (unpaired) electrons. The fourth-order valence-electron chi connectivity index (χ4n) is 5.40. The lowest BCUT2D eigenvalue weighted by atomic mass is 9.71. The summed E-state index contributed by atoms with van der Waals surface area (Å²) in [4.78, 5) is 33.5. The molecule has 1 spiro atoms. The molecule has 1 saturated heterocycles. The minimum Gasteiger partial charge on any atom is -0.378 e. The number of benzene rings is 1. The van der Waals surface area contributed by atoms with Gasteiger partial charge in [0.1, 0.15) is 10.7 Å². The maximum absolute atomic E-state index is 13.3. The van der Waals surface area contributed by atoms with Crippen LogP contribution in [0.2, 0.25) is 0 Å². The molecule has 3 aromatic rings. The van der Waals surface area contributed by atoms with Crippen LogP contribution in [0.1, 0.15) is 54.3 Å². The Labute approximate surface area is 208 Å². The SMILES string of the molecule is CO[C@@H]1[C@@H](NC(=O)C(C)C)c2ccccc2C12CCN(C(=O)c1csc(-c3cccs3)n1)CC2. The summed E-state index contributed by atoms with van der Waals surface area (Å²) in [6.07, 6.45) is 1.39. The molecule has 1 fully saturated rings. The number of rotatable bonds is 5. The Morgan fingerprint density at radius 1 is 1.15 bits per heavy atom. The number of carbonyl (C=O) groups is 2. The van der Waals surface area contributed by atoms with E-state index in [0.717, 1.165) is 28.3 Å². The average Bonchev–Trinajstić information content (AvgIpc) is 3.59. The van der Waals surface area contributed by atoms with Crippen molar-refractivity contribution < 1.29 is 14.3 Å². The van der Waals surface area contributed by atoms with Crippen molar-refractivity contribution in [1.82, 2.24) is 15.2 Å². The molecular formula is C26H29N3O3S2. The Morgan fingerprint density at radius 2 is 1.91 bits per heavy atom. The minimum absolute atomic E-state index is 0.0150. The Morgan fingerprint density at radius 3 is 2.59 bits per heavy atom. The van der Waals surface area contributed by atoms with E-state index in [-0.39, 0.29) is 35.3 Å². The van der Waals surface area contributed by atoms with E-state index in [1.807, 2.05) is 47.7 Å². The second-order valence-corrected chi connectivity index (χ2v) is 11.2. The van der Waals surface area contributed by atoms with Gasteiger partial charge >= 0.3 is 0 Å². The average molecular weight is 496 g/mol. The van der Waals surface area contributed by atoms with E-state index in [1.54, 1.807) is 18.4 Å². The molecule has 178 valence electrons. The molecule has 2 amide bonds. The maximum atomic E-state index is 13.3. The van der Waals surface area contributed by atoms with E-state index in [1.165, 1.54) is 16.9 Å². The highest BCUT2D eigenvalue weighted by Gasteiger charge is 2.54. The molecule has 3 heterocycles. The number of hydrogen-bond donors (Lipinski definition) is 1. The molecule has 5 rings (SSSR count). The molecule has 0 saturated carbocycles. The molecule has 6 nitrogen and oxygen atoms in total. The van der Waals surface area contributed by atoms with Gasteiger partial charge in [-0.3, -0.25) is 9.59 Å². The normalized spacial score (nSPS) is 21.1. The number of amides is 2. The third kappa shape index (κ3) is 3.87. The van der Waals surface area contributed by atoms with E-state index in [0.29, 0.717) is 18.8 Å². The Kier molecular flexibility index (Phi) is 6.31. The summed E-state index contributed by atoms with van der Waals surface area (Å²) in [5.41, 5.74) is 2.64. The fourth-order valence-corrected chi connectivity index (χ4v) is 7.01. The monoisotopic (exact) mass is 495 g/mol. The molecule has 2 atom stereocenters. The quantitative estimate of drug-likeness (QED) is 0.547. The number of aromatic nitrogens is 1. The lowest BCUT2D eigenvalue weighted by Gasteiger charge is -2.44. The van der Waals surface area contributed by atoms with Crippen LogP contribution < -0.4 is 5.32 Å². The first-order valence-electron chi connectivity index (χ1n) is 11.7. The predicted octanol–water partition coefficient (Wildman–Crippen LogP) is 4.89. The molecule has 8 heteroatoms. The van der Waals surface area contributed by atoms with Crippen molar-refractivity contribution in [3.63, 3.8) is 0 Å². The van der Waals surface area contributed by atoms with Gasteiger partial charge in [-0.15, -0.1) is 22.7 Å². The van der Waals surface area contributed by atoms with Gasteiger partial charge in [0.25, 0.3) is 5.91 Å². The Balaban J connectivity index is 1.36. The molecule has 2 aromatic heterocycles. The van der Waals surface area contributed by atoms with Crippen LogP contribution in [0.25, 0.3) is 9.88 Å². The number of nitrogens with zero attached hydrogens (tertiary/aromatic N) is 2. The summed E-state index contributed by atoms with van der Waals surface area (Å²) in [6.45, 7) is 5.06. The van der Waals surface area contributed by atoms with Crippen LogP contribution in [-0.2, 0) is 14.9 Å². The Bertz CT molecular complexity index is 1180. The van der Waals surface area contributed by atoms with Crippen LogP contribution in [0.5, 0.6) is 0 Å². The van der Waals surface area contributed by atoms with Crippen molar-refractivity contribution in [2.75, 3.05) is 20.2 Å². The topological polar surface area (TPSA) is 71.5 Å². The van der Waals surface area contributed by atoms with Crippen LogP contribution in [0.15, 0.2) is 47.2 Å². The molecule has 34 heavy (non-hydrogen) atoms. The summed E-state index contributed by atoms with van der Waals surface area (Å²) in [5, 5.41) is 8.00. The molecule has 1 aliphatic carbocycles. The van der Waals surface area contributed by atoms with Crippen LogP contribution in [0, 0.1) is 5.92 Å². The molecule has 2 aliphatic rings. The van der Waals surface area contributed by atoms with E-state index >= 15 is 0 Å². The van der Waals surface area contributed by atoms with Gasteiger partial charge in [-0.05, 0) is 35.4 Å². The summed E-state index contributed by atoms with van der Waals surface area (Å²) < 4.78 is 6.08. The van der Waals surface area contributed by atoms with Crippen LogP contribution >= 0.6 is 22.7 Å². The smallest absolute Gasteiger partial charge is 0.273 e. The van der Waals surface area contributed by atoms with Crippen molar-refractivity contribution in [3.05, 3.63) is 64.0 Å². The zero-order valence-electron chi connectivity index (χ0n) is 19.6. The number of fused-ring (bicyclic) bond motifs is 2. The highest BCUT2D eigenvalue weighted by Crippen LogP contribution is 2.52. The lowest BCUT2D eigenvalue weighted by Crippen LogP contribution is -2.52. The fraction of sp³-hybridized carbons (Fsp3) is 0.423. The number of likely N-dealkylation sites (tertiary alicyclic amines) is 1. The number of nitrogens with one attached hydrogen (secondary N) is 1. The van der Waals surface area contributed by atoms with E-state index in [9.17, 15) is 9.59 Å². The molecule has 0 bridgehead atoms. The number of thiophene rings is 1. The number of piperidine rings is 1. The highest BCUT2D eigenvalue weighted by molar-refractivity contribution is 7.20. The number of carbonyl (C=O) groups excluding carboxylic acids is 2. The second-order valence-electron chi connectivity index (χ2n) is 9.35. The van der Waals surface area contributed by atoms with Crippen molar-refractivity contribution in [3.8, 4) is 9.88 Å². The maximum Gasteiger partial charge on any atom is 0.273 e. The van der Waals surface area contributed by atoms with Gasteiger partial charge < -0.3 is 15.0 Å². The van der Waals surface area contributed by atoms with Gasteiger partial charge in [-0.25, -0.2) is 4.98 Å². The number of methoxy groups -OCH3 is 1. The second kappa shape index (κ2) is 9.24. The summed E-state index contributed by atoms with van der Waals surface area (Å²) in [6, 6.07) is 12.2. The van der Waals surface area contributed by atoms with Crippen molar-refractivity contribution in [2.45, 2.75) is 44.2 Å². The van der Waals surface area contributed by atoms with Crippen LogP contribution in [0.3, 0.4) is 0 Å². The van der Waals surface area contributed by atoms with E-state index in [2.05, 4.69) is 28.5 Å². The van der Waals surface area contributed by atoms with Gasteiger partial charge in [0.15, 0.2) is 0 Å². The summed E-state index contributed by atoms with van der Waals surface area (Å²) >= 11 is 3.14. The molecule has 1 aliphatic heterocycles. The first-order chi connectivity index (χ1) is 16.4. The molecule has 1 N–H and O–H groups in total. The summed E-state index contributed by atoms with van der Waals surface area (Å²) in [7, 11) is 1.73. The molecule has 1 aromatic carbocycles. The first-order valence-corrected chi connectivity index (χ1v) is 13.4. The Hall–Kier alpha value is -2.55. The molecular weight excluding hydrogens is 466 g/mol. The van der Waals surface area contributed by atoms with Crippen molar-refractivity contribution in [1.29, 1.82) is 0 Å². The lowest BCUT2D eigenvalue weighted by molar-refractivity contribution is -0.126. The third-order valence-electron chi connectivity index (χ3n) is 7.15. The van der Waals surface area contributed by atoms with Gasteiger partial charge in [-0.2, -0.15) is 0 Å². The van der Waals surface area contributed by atoms with E-state index in [4.69, 9.17) is 4.74 Å².